The molecule has 1 atom stereocenters. The first-order chi connectivity index (χ1) is 7.70. The first-order valence-electron chi connectivity index (χ1n) is 5.22. The monoisotopic (exact) mass is 331 g/mol. The Morgan fingerprint density at radius 1 is 1.50 bits per heavy atom. The molecule has 1 heterocycles. The maximum atomic E-state index is 5.22. The van der Waals surface area contributed by atoms with E-state index < -0.39 is 0 Å². The van der Waals surface area contributed by atoms with Gasteiger partial charge in [0.25, 0.3) is 0 Å². The predicted octanol–water partition coefficient (Wildman–Crippen LogP) is 2.46. The predicted molar refractivity (Wildman–Crippen MR) is 71.3 cm³/mol. The van der Waals surface area contributed by atoms with E-state index in [1.54, 1.807) is 7.11 Å². The summed E-state index contributed by atoms with van der Waals surface area (Å²) in [5.41, 5.74) is 2.04. The summed E-state index contributed by atoms with van der Waals surface area (Å²) in [4.78, 5) is 0. The van der Waals surface area contributed by atoms with Gasteiger partial charge in [-0.2, -0.15) is 0 Å². The van der Waals surface area contributed by atoms with E-state index in [1.165, 1.54) is 3.57 Å². The number of methoxy groups -OCH3 is 1. The lowest BCUT2D eigenvalue weighted by Gasteiger charge is -2.08. The van der Waals surface area contributed by atoms with Crippen LogP contribution in [0.2, 0.25) is 0 Å². The number of benzene rings is 1. The van der Waals surface area contributed by atoms with Gasteiger partial charge in [0.2, 0.25) is 0 Å². The molecule has 0 aliphatic carbocycles. The second kappa shape index (κ2) is 5.09. The number of aryl methyl sites for hydroxylation is 1. The summed E-state index contributed by atoms with van der Waals surface area (Å²) >= 11 is 2.28. The van der Waals surface area contributed by atoms with Crippen molar-refractivity contribution >= 4 is 33.6 Å². The number of hydrogen-bond acceptors (Lipinski definition) is 3. The van der Waals surface area contributed by atoms with Crippen molar-refractivity contribution in [3.63, 3.8) is 0 Å². The molecule has 2 rings (SSSR count). The molecule has 1 aromatic carbocycles. The van der Waals surface area contributed by atoms with Crippen LogP contribution in [0.25, 0.3) is 11.0 Å². The molecule has 0 bridgehead atoms. The maximum Gasteiger partial charge on any atom is 0.114 e. The largest absolute Gasteiger partial charge is 0.382 e. The van der Waals surface area contributed by atoms with Gasteiger partial charge in [-0.3, -0.25) is 0 Å². The number of ether oxygens (including phenoxy) is 1. The number of hydrogen-bond donors (Lipinski definition) is 0. The van der Waals surface area contributed by atoms with Crippen LogP contribution in [0, 0.1) is 3.57 Å². The van der Waals surface area contributed by atoms with Gasteiger partial charge in [-0.25, -0.2) is 4.68 Å². The summed E-state index contributed by atoms with van der Waals surface area (Å²) in [5, 5.41) is 8.30. The van der Waals surface area contributed by atoms with Crippen molar-refractivity contribution in [2.45, 2.75) is 26.0 Å². The molecule has 0 amide bonds. The van der Waals surface area contributed by atoms with Crippen LogP contribution in [0.3, 0.4) is 0 Å². The van der Waals surface area contributed by atoms with Crippen LogP contribution in [0.5, 0.6) is 0 Å². The molecule has 1 aromatic heterocycles. The van der Waals surface area contributed by atoms with Gasteiger partial charge in [0, 0.05) is 17.2 Å². The summed E-state index contributed by atoms with van der Waals surface area (Å²) in [7, 11) is 1.73. The molecule has 86 valence electrons. The lowest BCUT2D eigenvalue weighted by molar-refractivity contribution is 0.106. The highest BCUT2D eigenvalue weighted by Crippen LogP contribution is 2.15. The van der Waals surface area contributed by atoms with Gasteiger partial charge in [-0.05, 0) is 54.1 Å². The van der Waals surface area contributed by atoms with Gasteiger partial charge >= 0.3 is 0 Å². The Balaban J connectivity index is 2.19. The molecule has 1 unspecified atom stereocenters. The fourth-order valence-electron chi connectivity index (χ4n) is 1.53. The highest BCUT2D eigenvalue weighted by molar-refractivity contribution is 14.1. The number of nitrogens with zero attached hydrogens (tertiary/aromatic N) is 3. The van der Waals surface area contributed by atoms with Gasteiger partial charge < -0.3 is 4.74 Å². The SMILES string of the molecule is COC(C)CCn1nnc2cc(I)ccc21. The third-order valence-corrected chi connectivity index (χ3v) is 3.30. The van der Waals surface area contributed by atoms with Crippen LogP contribution in [-0.2, 0) is 11.3 Å². The number of fused-ring (bicyclic) bond motifs is 1. The molecular formula is C11H14IN3O. The highest BCUT2D eigenvalue weighted by atomic mass is 127. The lowest BCUT2D eigenvalue weighted by atomic mass is 10.2. The molecule has 2 aromatic rings. The highest BCUT2D eigenvalue weighted by Gasteiger charge is 2.06. The van der Waals surface area contributed by atoms with Gasteiger partial charge in [-0.1, -0.05) is 5.21 Å². The third kappa shape index (κ3) is 2.52. The summed E-state index contributed by atoms with van der Waals surface area (Å²) in [5.74, 6) is 0. The zero-order valence-corrected chi connectivity index (χ0v) is 11.5. The summed E-state index contributed by atoms with van der Waals surface area (Å²) in [6.07, 6.45) is 1.20. The second-order valence-corrected chi connectivity index (χ2v) is 5.03. The Morgan fingerprint density at radius 2 is 2.31 bits per heavy atom. The Bertz CT molecular complexity index is 483. The van der Waals surface area contributed by atoms with E-state index in [2.05, 4.69) is 52.0 Å². The van der Waals surface area contributed by atoms with Crippen LogP contribution in [0.1, 0.15) is 13.3 Å². The van der Waals surface area contributed by atoms with Crippen molar-refractivity contribution in [3.8, 4) is 0 Å². The van der Waals surface area contributed by atoms with Gasteiger partial charge in [0.15, 0.2) is 0 Å². The van der Waals surface area contributed by atoms with E-state index in [0.29, 0.717) is 0 Å². The molecule has 0 spiro atoms. The average Bonchev–Trinajstić information content (AvgIpc) is 2.68. The zero-order valence-electron chi connectivity index (χ0n) is 9.35. The van der Waals surface area contributed by atoms with Crippen LogP contribution in [0.4, 0.5) is 0 Å². The van der Waals surface area contributed by atoms with Gasteiger partial charge in [0.05, 0.1) is 11.6 Å². The minimum absolute atomic E-state index is 0.253. The molecule has 16 heavy (non-hydrogen) atoms. The molecule has 0 aliphatic rings. The van der Waals surface area contributed by atoms with Crippen molar-refractivity contribution in [2.24, 2.45) is 0 Å². The molecule has 4 nitrogen and oxygen atoms in total. The van der Waals surface area contributed by atoms with E-state index in [1.807, 2.05) is 10.7 Å². The molecule has 0 N–H and O–H groups in total. The van der Waals surface area contributed by atoms with E-state index >= 15 is 0 Å². The lowest BCUT2D eigenvalue weighted by Crippen LogP contribution is -2.10. The molecule has 0 saturated carbocycles. The topological polar surface area (TPSA) is 39.9 Å². The minimum Gasteiger partial charge on any atom is -0.382 e. The van der Waals surface area contributed by atoms with E-state index in [4.69, 9.17) is 4.74 Å². The third-order valence-electron chi connectivity index (χ3n) is 2.63. The maximum absolute atomic E-state index is 5.22. The van der Waals surface area contributed by atoms with Gasteiger partial charge in [0.1, 0.15) is 5.52 Å². The quantitative estimate of drug-likeness (QED) is 0.808. The Hall–Kier alpha value is -0.690. The molecule has 0 fully saturated rings. The van der Waals surface area contributed by atoms with E-state index in [9.17, 15) is 0 Å². The second-order valence-electron chi connectivity index (χ2n) is 3.78. The molecular weight excluding hydrogens is 317 g/mol. The normalized spacial score (nSPS) is 13.2. The van der Waals surface area contributed by atoms with Crippen molar-refractivity contribution in [3.05, 3.63) is 21.8 Å². The van der Waals surface area contributed by atoms with Gasteiger partial charge in [-0.15, -0.1) is 5.10 Å². The first kappa shape index (κ1) is 11.8. The van der Waals surface area contributed by atoms with Crippen LogP contribution < -0.4 is 0 Å². The standard InChI is InChI=1S/C11H14IN3O/c1-8(16-2)5-6-15-11-4-3-9(12)7-10(11)13-14-15/h3-4,7-8H,5-6H2,1-2H3. The van der Waals surface area contributed by atoms with E-state index in [0.717, 1.165) is 24.0 Å². The first-order valence-corrected chi connectivity index (χ1v) is 6.30. The Labute approximate surface area is 108 Å². The molecule has 0 aliphatic heterocycles. The van der Waals surface area contributed by atoms with Crippen LogP contribution in [-0.4, -0.2) is 28.2 Å². The summed E-state index contributed by atoms with van der Waals surface area (Å²) in [6.45, 7) is 2.90. The Morgan fingerprint density at radius 3 is 3.06 bits per heavy atom. The number of rotatable bonds is 4. The minimum atomic E-state index is 0.253. The Kier molecular flexibility index (Phi) is 3.75. The molecule has 0 saturated heterocycles. The van der Waals surface area contributed by atoms with E-state index in [-0.39, 0.29) is 6.10 Å². The molecule has 5 heteroatoms. The fourth-order valence-corrected chi connectivity index (χ4v) is 2.01. The van der Waals surface area contributed by atoms with Crippen molar-refractivity contribution in [2.75, 3.05) is 7.11 Å². The average molecular weight is 331 g/mol. The van der Waals surface area contributed by atoms with Crippen LogP contribution in [0.15, 0.2) is 18.2 Å². The van der Waals surface area contributed by atoms with Crippen molar-refractivity contribution < 1.29 is 4.74 Å². The van der Waals surface area contributed by atoms with Crippen LogP contribution >= 0.6 is 22.6 Å². The molecule has 0 radical (unpaired) electrons. The zero-order chi connectivity index (χ0) is 11.5. The smallest absolute Gasteiger partial charge is 0.114 e. The number of aromatic nitrogens is 3. The fraction of sp³-hybridized carbons (Fsp3) is 0.455. The summed E-state index contributed by atoms with van der Waals surface area (Å²) < 4.78 is 8.33. The van der Waals surface area contributed by atoms with Crippen molar-refractivity contribution in [1.82, 2.24) is 15.0 Å². The summed E-state index contributed by atoms with van der Waals surface area (Å²) in [6, 6.07) is 6.18. The van der Waals surface area contributed by atoms with Crippen molar-refractivity contribution in [1.29, 1.82) is 0 Å². The number of halogens is 1.